The summed E-state index contributed by atoms with van der Waals surface area (Å²) in [5.74, 6) is -2.38. The van der Waals surface area contributed by atoms with Gasteiger partial charge in [-0.15, -0.1) is 0 Å². The van der Waals surface area contributed by atoms with Crippen molar-refractivity contribution in [2.75, 3.05) is 12.4 Å². The fraction of sp³-hybridized carbons (Fsp3) is 0.214. The molecule has 1 N–H and O–H groups in total. The molecule has 2 aromatic rings. The van der Waals surface area contributed by atoms with Crippen molar-refractivity contribution in [3.05, 3.63) is 46.8 Å². The summed E-state index contributed by atoms with van der Waals surface area (Å²) in [4.78, 5) is 20.1. The number of hydrogen-bond donors (Lipinski definition) is 1. The zero-order valence-electron chi connectivity index (χ0n) is 11.7. The first kappa shape index (κ1) is 14.8. The zero-order valence-corrected chi connectivity index (χ0v) is 11.7. The Balaban J connectivity index is 2.32. The van der Waals surface area contributed by atoms with Gasteiger partial charge in [0.1, 0.15) is 11.6 Å². The van der Waals surface area contributed by atoms with Crippen molar-refractivity contribution >= 4 is 11.6 Å². The molecule has 7 heteroatoms. The third kappa shape index (κ3) is 3.13. The summed E-state index contributed by atoms with van der Waals surface area (Å²) in [5, 5.41) is 2.52. The van der Waals surface area contributed by atoms with E-state index >= 15 is 0 Å². The van der Waals surface area contributed by atoms with Crippen LogP contribution in [0, 0.1) is 25.5 Å². The SMILES string of the molecule is COc1nc(C)c(NC(=O)c2ccc(F)cc2F)c(C)n1. The maximum atomic E-state index is 13.6. The molecule has 0 atom stereocenters. The van der Waals surface area contributed by atoms with E-state index in [2.05, 4.69) is 15.3 Å². The number of anilines is 1. The second-order valence-electron chi connectivity index (χ2n) is 4.33. The van der Waals surface area contributed by atoms with E-state index in [1.165, 1.54) is 7.11 Å². The van der Waals surface area contributed by atoms with Gasteiger partial charge in [-0.3, -0.25) is 4.79 Å². The van der Waals surface area contributed by atoms with Gasteiger partial charge in [-0.25, -0.2) is 8.78 Å². The number of hydrogen-bond acceptors (Lipinski definition) is 4. The Labute approximate surface area is 120 Å². The van der Waals surface area contributed by atoms with Gasteiger partial charge in [0.15, 0.2) is 0 Å². The van der Waals surface area contributed by atoms with E-state index in [-0.39, 0.29) is 11.6 Å². The second kappa shape index (κ2) is 5.82. The molecule has 1 amide bonds. The Bertz CT molecular complexity index is 682. The highest BCUT2D eigenvalue weighted by molar-refractivity contribution is 6.05. The van der Waals surface area contributed by atoms with E-state index in [1.807, 2.05) is 0 Å². The van der Waals surface area contributed by atoms with Crippen molar-refractivity contribution in [3.63, 3.8) is 0 Å². The highest BCUT2D eigenvalue weighted by Gasteiger charge is 2.16. The van der Waals surface area contributed by atoms with Gasteiger partial charge in [-0.2, -0.15) is 9.97 Å². The lowest BCUT2D eigenvalue weighted by Crippen LogP contribution is -2.17. The Morgan fingerprint density at radius 1 is 1.19 bits per heavy atom. The Morgan fingerprint density at radius 3 is 2.33 bits per heavy atom. The minimum Gasteiger partial charge on any atom is -0.467 e. The molecule has 110 valence electrons. The minimum atomic E-state index is -0.933. The highest BCUT2D eigenvalue weighted by atomic mass is 19.1. The van der Waals surface area contributed by atoms with E-state index in [1.54, 1.807) is 13.8 Å². The third-order valence-corrected chi connectivity index (χ3v) is 2.85. The Kier molecular flexibility index (Phi) is 4.11. The van der Waals surface area contributed by atoms with E-state index in [4.69, 9.17) is 4.74 Å². The van der Waals surface area contributed by atoms with Crippen molar-refractivity contribution in [2.45, 2.75) is 13.8 Å². The summed E-state index contributed by atoms with van der Waals surface area (Å²) in [6.07, 6.45) is 0. The third-order valence-electron chi connectivity index (χ3n) is 2.85. The first-order chi connectivity index (χ1) is 9.92. The quantitative estimate of drug-likeness (QED) is 0.945. The van der Waals surface area contributed by atoms with Gasteiger partial charge < -0.3 is 10.1 Å². The molecule has 0 aliphatic carbocycles. The summed E-state index contributed by atoms with van der Waals surface area (Å²) in [5.41, 5.74) is 1.07. The molecule has 0 bridgehead atoms. The molecule has 0 fully saturated rings. The number of nitrogens with one attached hydrogen (secondary N) is 1. The first-order valence-electron chi connectivity index (χ1n) is 6.08. The van der Waals surface area contributed by atoms with Crippen molar-refractivity contribution in [1.29, 1.82) is 0 Å². The van der Waals surface area contributed by atoms with E-state index < -0.39 is 17.5 Å². The summed E-state index contributed by atoms with van der Waals surface area (Å²) in [6.45, 7) is 3.32. The van der Waals surface area contributed by atoms with Crippen molar-refractivity contribution in [1.82, 2.24) is 9.97 Å². The predicted octanol–water partition coefficient (Wildman–Crippen LogP) is 2.63. The van der Waals surface area contributed by atoms with E-state index in [0.717, 1.165) is 12.1 Å². The van der Waals surface area contributed by atoms with Crippen LogP contribution in [0.4, 0.5) is 14.5 Å². The lowest BCUT2D eigenvalue weighted by Gasteiger charge is -2.11. The average molecular weight is 293 g/mol. The summed E-state index contributed by atoms with van der Waals surface area (Å²) >= 11 is 0. The number of methoxy groups -OCH3 is 1. The molecular weight excluding hydrogens is 280 g/mol. The molecule has 0 aliphatic rings. The molecule has 5 nitrogen and oxygen atoms in total. The smallest absolute Gasteiger partial charge is 0.316 e. The number of carbonyl (C=O) groups is 1. The number of aromatic nitrogens is 2. The van der Waals surface area contributed by atoms with Gasteiger partial charge in [0.2, 0.25) is 0 Å². The van der Waals surface area contributed by atoms with E-state index in [9.17, 15) is 13.6 Å². The molecule has 1 heterocycles. The fourth-order valence-electron chi connectivity index (χ4n) is 1.81. The molecule has 0 radical (unpaired) electrons. The van der Waals surface area contributed by atoms with Gasteiger partial charge in [0.25, 0.3) is 5.91 Å². The molecule has 0 saturated carbocycles. The van der Waals surface area contributed by atoms with Crippen LogP contribution in [0.3, 0.4) is 0 Å². The van der Waals surface area contributed by atoms with Gasteiger partial charge in [-0.05, 0) is 26.0 Å². The van der Waals surface area contributed by atoms with Crippen LogP contribution < -0.4 is 10.1 Å². The number of carbonyl (C=O) groups excluding carboxylic acids is 1. The largest absolute Gasteiger partial charge is 0.467 e. The number of aryl methyl sites for hydroxylation is 2. The summed E-state index contributed by atoms with van der Waals surface area (Å²) < 4.78 is 31.3. The number of nitrogens with zero attached hydrogens (tertiary/aromatic N) is 2. The number of benzene rings is 1. The maximum Gasteiger partial charge on any atom is 0.316 e. The van der Waals surface area contributed by atoms with Gasteiger partial charge in [0.05, 0.1) is 29.7 Å². The van der Waals surface area contributed by atoms with Gasteiger partial charge in [-0.1, -0.05) is 0 Å². The predicted molar refractivity (Wildman–Crippen MR) is 72.4 cm³/mol. The van der Waals surface area contributed by atoms with Crippen molar-refractivity contribution in [2.24, 2.45) is 0 Å². The van der Waals surface area contributed by atoms with Crippen LogP contribution in [-0.2, 0) is 0 Å². The van der Waals surface area contributed by atoms with Crippen LogP contribution in [-0.4, -0.2) is 23.0 Å². The lowest BCUT2D eigenvalue weighted by molar-refractivity contribution is 0.102. The molecular formula is C14H13F2N3O2. The van der Waals surface area contributed by atoms with Crippen LogP contribution in [0.15, 0.2) is 18.2 Å². The monoisotopic (exact) mass is 293 g/mol. The molecule has 0 spiro atoms. The summed E-state index contributed by atoms with van der Waals surface area (Å²) in [7, 11) is 1.43. The number of amides is 1. The molecule has 0 unspecified atom stereocenters. The first-order valence-corrected chi connectivity index (χ1v) is 6.08. The Hall–Kier alpha value is -2.57. The molecule has 1 aromatic heterocycles. The average Bonchev–Trinajstić information content (AvgIpc) is 2.42. The van der Waals surface area contributed by atoms with Crippen LogP contribution in [0.1, 0.15) is 21.7 Å². The van der Waals surface area contributed by atoms with Crippen LogP contribution in [0.25, 0.3) is 0 Å². The highest BCUT2D eigenvalue weighted by Crippen LogP contribution is 2.21. The molecule has 1 aromatic carbocycles. The van der Waals surface area contributed by atoms with Crippen LogP contribution >= 0.6 is 0 Å². The van der Waals surface area contributed by atoms with E-state index in [0.29, 0.717) is 23.1 Å². The molecule has 0 aliphatic heterocycles. The molecule has 2 rings (SSSR count). The van der Waals surface area contributed by atoms with Crippen molar-refractivity contribution < 1.29 is 18.3 Å². The molecule has 0 saturated heterocycles. The minimum absolute atomic E-state index is 0.177. The Morgan fingerprint density at radius 2 is 1.81 bits per heavy atom. The standard InChI is InChI=1S/C14H13F2N3O2/c1-7-12(8(2)18-14(17-7)21-3)19-13(20)10-5-4-9(15)6-11(10)16/h4-6H,1-3H3,(H,19,20). The van der Waals surface area contributed by atoms with Crippen molar-refractivity contribution in [3.8, 4) is 6.01 Å². The van der Waals surface area contributed by atoms with Crippen LogP contribution in [0.5, 0.6) is 6.01 Å². The maximum absolute atomic E-state index is 13.6. The molecule has 21 heavy (non-hydrogen) atoms. The topological polar surface area (TPSA) is 64.1 Å². The summed E-state index contributed by atoms with van der Waals surface area (Å²) in [6, 6.07) is 2.92. The zero-order chi connectivity index (χ0) is 15.6. The number of halogens is 2. The van der Waals surface area contributed by atoms with Gasteiger partial charge >= 0.3 is 6.01 Å². The normalized spacial score (nSPS) is 10.3. The second-order valence-corrected chi connectivity index (χ2v) is 4.33. The van der Waals surface area contributed by atoms with Gasteiger partial charge in [0, 0.05) is 6.07 Å². The lowest BCUT2D eigenvalue weighted by atomic mass is 10.2. The number of rotatable bonds is 3. The number of ether oxygens (including phenoxy) is 1. The fourth-order valence-corrected chi connectivity index (χ4v) is 1.81. The van der Waals surface area contributed by atoms with Crippen LogP contribution in [0.2, 0.25) is 0 Å².